The first-order valence-corrected chi connectivity index (χ1v) is 5.44. The van der Waals surface area contributed by atoms with E-state index in [2.05, 4.69) is 5.10 Å². The van der Waals surface area contributed by atoms with E-state index in [-0.39, 0.29) is 5.91 Å². The highest BCUT2D eigenvalue weighted by Crippen LogP contribution is 2.14. The Labute approximate surface area is 96.2 Å². The first-order chi connectivity index (χ1) is 7.49. The van der Waals surface area contributed by atoms with Crippen LogP contribution in [0.4, 0.5) is 0 Å². The van der Waals surface area contributed by atoms with Crippen molar-refractivity contribution in [3.63, 3.8) is 0 Å². The van der Waals surface area contributed by atoms with Gasteiger partial charge in [0.25, 0.3) is 5.91 Å². The third-order valence-corrected chi connectivity index (χ3v) is 2.77. The summed E-state index contributed by atoms with van der Waals surface area (Å²) in [5, 5.41) is 4.24. The second-order valence-electron chi connectivity index (χ2n) is 4.04. The van der Waals surface area contributed by atoms with Gasteiger partial charge in [0, 0.05) is 26.3 Å². The van der Waals surface area contributed by atoms with E-state index >= 15 is 0 Å². The Kier molecular flexibility index (Phi) is 4.06. The van der Waals surface area contributed by atoms with Crippen LogP contribution < -0.4 is 5.73 Å². The van der Waals surface area contributed by atoms with Crippen molar-refractivity contribution < 1.29 is 4.79 Å². The van der Waals surface area contributed by atoms with E-state index in [0.717, 1.165) is 17.8 Å². The molecule has 0 unspecified atom stereocenters. The normalized spacial score (nSPS) is 10.6. The Morgan fingerprint density at radius 3 is 2.56 bits per heavy atom. The van der Waals surface area contributed by atoms with Crippen molar-refractivity contribution in [3.05, 3.63) is 17.0 Å². The molecule has 90 valence electrons. The van der Waals surface area contributed by atoms with Crippen molar-refractivity contribution in [1.29, 1.82) is 0 Å². The van der Waals surface area contributed by atoms with Gasteiger partial charge in [-0.1, -0.05) is 0 Å². The molecule has 1 rings (SSSR count). The fraction of sp³-hybridized carbons (Fsp3) is 0.636. The average molecular weight is 224 g/mol. The number of hydrogen-bond donors (Lipinski definition) is 1. The zero-order chi connectivity index (χ0) is 12.3. The Hall–Kier alpha value is -1.36. The second-order valence-corrected chi connectivity index (χ2v) is 4.04. The Morgan fingerprint density at radius 2 is 2.12 bits per heavy atom. The van der Waals surface area contributed by atoms with Crippen LogP contribution in [0.2, 0.25) is 0 Å². The summed E-state index contributed by atoms with van der Waals surface area (Å²) in [6.45, 7) is 5.05. The highest BCUT2D eigenvalue weighted by Gasteiger charge is 2.20. The first-order valence-electron chi connectivity index (χ1n) is 5.44. The van der Waals surface area contributed by atoms with Crippen LogP contribution in [0.1, 0.15) is 28.2 Å². The second kappa shape index (κ2) is 5.12. The fourth-order valence-electron chi connectivity index (χ4n) is 1.70. The zero-order valence-corrected chi connectivity index (χ0v) is 10.4. The maximum Gasteiger partial charge on any atom is 0.257 e. The molecule has 5 heteroatoms. The number of carbonyl (C=O) groups excluding carboxylic acids is 1. The number of rotatable bonds is 4. The number of nitrogens with two attached hydrogens (primary N) is 1. The summed E-state index contributed by atoms with van der Waals surface area (Å²) in [6, 6.07) is 0. The summed E-state index contributed by atoms with van der Waals surface area (Å²) in [4.78, 5) is 13.8. The number of hydrogen-bond acceptors (Lipinski definition) is 3. The van der Waals surface area contributed by atoms with Gasteiger partial charge in [-0.25, -0.2) is 0 Å². The topological polar surface area (TPSA) is 64.2 Å². The summed E-state index contributed by atoms with van der Waals surface area (Å²) < 4.78 is 1.74. The lowest BCUT2D eigenvalue weighted by atomic mass is 10.1. The summed E-state index contributed by atoms with van der Waals surface area (Å²) >= 11 is 0. The van der Waals surface area contributed by atoms with E-state index < -0.39 is 0 Å². The molecule has 0 saturated heterocycles. The average Bonchev–Trinajstić information content (AvgIpc) is 2.49. The van der Waals surface area contributed by atoms with E-state index in [4.69, 9.17) is 5.73 Å². The van der Waals surface area contributed by atoms with Gasteiger partial charge in [0.2, 0.25) is 0 Å². The largest absolute Gasteiger partial charge is 0.342 e. The monoisotopic (exact) mass is 224 g/mol. The molecular weight excluding hydrogens is 204 g/mol. The number of carbonyl (C=O) groups is 1. The molecule has 0 bridgehead atoms. The molecule has 0 saturated carbocycles. The molecule has 0 aromatic carbocycles. The number of amides is 1. The summed E-state index contributed by atoms with van der Waals surface area (Å²) in [7, 11) is 3.64. The van der Waals surface area contributed by atoms with Crippen molar-refractivity contribution >= 4 is 5.91 Å². The van der Waals surface area contributed by atoms with Crippen molar-refractivity contribution in [2.45, 2.75) is 20.3 Å². The first kappa shape index (κ1) is 12.7. The Balaban J connectivity index is 2.87. The minimum Gasteiger partial charge on any atom is -0.342 e. The number of aromatic nitrogens is 2. The molecule has 0 aliphatic carbocycles. The molecule has 0 atom stereocenters. The van der Waals surface area contributed by atoms with Gasteiger partial charge in [0.15, 0.2) is 0 Å². The lowest BCUT2D eigenvalue weighted by molar-refractivity contribution is 0.0793. The smallest absolute Gasteiger partial charge is 0.257 e. The molecule has 1 aromatic heterocycles. The molecule has 5 nitrogen and oxygen atoms in total. The molecule has 16 heavy (non-hydrogen) atoms. The molecule has 1 aromatic rings. The van der Waals surface area contributed by atoms with Crippen LogP contribution in [-0.4, -0.2) is 40.7 Å². The lowest BCUT2D eigenvalue weighted by Gasteiger charge is -2.16. The van der Waals surface area contributed by atoms with E-state index in [0.29, 0.717) is 18.7 Å². The molecule has 0 radical (unpaired) electrons. The quantitative estimate of drug-likeness (QED) is 0.808. The number of aryl methyl sites for hydroxylation is 2. The van der Waals surface area contributed by atoms with Crippen LogP contribution in [0.15, 0.2) is 0 Å². The van der Waals surface area contributed by atoms with E-state index in [1.165, 1.54) is 0 Å². The van der Waals surface area contributed by atoms with Crippen LogP contribution in [-0.2, 0) is 7.05 Å². The molecule has 0 aliphatic rings. The van der Waals surface area contributed by atoms with Gasteiger partial charge in [0.1, 0.15) is 0 Å². The SMILES string of the molecule is Cc1nn(C)c(C)c1C(=O)N(C)CCCN. The fourth-order valence-corrected chi connectivity index (χ4v) is 1.70. The zero-order valence-electron chi connectivity index (χ0n) is 10.4. The van der Waals surface area contributed by atoms with E-state index in [9.17, 15) is 4.79 Å². The van der Waals surface area contributed by atoms with E-state index in [1.807, 2.05) is 20.9 Å². The van der Waals surface area contributed by atoms with Gasteiger partial charge in [-0.05, 0) is 26.8 Å². The van der Waals surface area contributed by atoms with Gasteiger partial charge >= 0.3 is 0 Å². The van der Waals surface area contributed by atoms with Crippen LogP contribution in [0.3, 0.4) is 0 Å². The summed E-state index contributed by atoms with van der Waals surface area (Å²) in [6.07, 6.45) is 0.820. The van der Waals surface area contributed by atoms with Crippen molar-refractivity contribution in [2.75, 3.05) is 20.1 Å². The predicted octanol–water partition coefficient (Wildman–Crippen LogP) is 0.458. The van der Waals surface area contributed by atoms with Gasteiger partial charge in [-0.2, -0.15) is 5.10 Å². The van der Waals surface area contributed by atoms with Gasteiger partial charge in [-0.3, -0.25) is 9.48 Å². The van der Waals surface area contributed by atoms with Gasteiger partial charge < -0.3 is 10.6 Å². The summed E-state index contributed by atoms with van der Waals surface area (Å²) in [5.74, 6) is 0.0246. The molecular formula is C11H20N4O. The lowest BCUT2D eigenvalue weighted by Crippen LogP contribution is -2.29. The minimum atomic E-state index is 0.0246. The summed E-state index contributed by atoms with van der Waals surface area (Å²) in [5.41, 5.74) is 7.82. The molecule has 1 heterocycles. The number of nitrogens with zero attached hydrogens (tertiary/aromatic N) is 3. The maximum atomic E-state index is 12.1. The van der Waals surface area contributed by atoms with Gasteiger partial charge in [-0.15, -0.1) is 0 Å². The maximum absolute atomic E-state index is 12.1. The molecule has 0 aliphatic heterocycles. The molecule has 0 fully saturated rings. The van der Waals surface area contributed by atoms with Crippen LogP contribution >= 0.6 is 0 Å². The van der Waals surface area contributed by atoms with Crippen molar-refractivity contribution in [2.24, 2.45) is 12.8 Å². The van der Waals surface area contributed by atoms with Crippen LogP contribution in [0.25, 0.3) is 0 Å². The third kappa shape index (κ3) is 2.41. The molecule has 1 amide bonds. The van der Waals surface area contributed by atoms with E-state index in [1.54, 1.807) is 16.6 Å². The Bertz CT molecular complexity index is 384. The van der Waals surface area contributed by atoms with Crippen molar-refractivity contribution in [1.82, 2.24) is 14.7 Å². The minimum absolute atomic E-state index is 0.0246. The molecule has 2 N–H and O–H groups in total. The standard InChI is InChI=1S/C11H20N4O/c1-8-10(9(2)15(4)13-8)11(16)14(3)7-5-6-12/h5-7,12H2,1-4H3. The highest BCUT2D eigenvalue weighted by atomic mass is 16.2. The van der Waals surface area contributed by atoms with Crippen molar-refractivity contribution in [3.8, 4) is 0 Å². The predicted molar refractivity (Wildman–Crippen MR) is 63.3 cm³/mol. The third-order valence-electron chi connectivity index (χ3n) is 2.77. The van der Waals surface area contributed by atoms with Crippen LogP contribution in [0, 0.1) is 13.8 Å². The Morgan fingerprint density at radius 1 is 1.50 bits per heavy atom. The highest BCUT2D eigenvalue weighted by molar-refractivity contribution is 5.96. The molecule has 0 spiro atoms. The van der Waals surface area contributed by atoms with Gasteiger partial charge in [0.05, 0.1) is 11.3 Å². The van der Waals surface area contributed by atoms with Crippen LogP contribution in [0.5, 0.6) is 0 Å².